The third-order valence-corrected chi connectivity index (χ3v) is 6.01. The van der Waals surface area contributed by atoms with Crippen LogP contribution >= 0.6 is 11.8 Å². The number of carbonyl (C=O) groups excluding carboxylic acids is 2. The van der Waals surface area contributed by atoms with Crippen LogP contribution in [-0.4, -0.2) is 54.6 Å². The van der Waals surface area contributed by atoms with Gasteiger partial charge in [-0.25, -0.2) is 9.79 Å². The molecular formula is C20H24N2O5S. The van der Waals surface area contributed by atoms with Crippen LogP contribution in [0.4, 0.5) is 0 Å². The lowest BCUT2D eigenvalue weighted by Gasteiger charge is -2.33. The van der Waals surface area contributed by atoms with E-state index in [1.54, 1.807) is 26.0 Å². The molecule has 2 atom stereocenters. The lowest BCUT2D eigenvalue weighted by atomic mass is 9.94. The SMILES string of the molecule is CC[C@H]1SC2=NC(C)=C(C(=O)OCCOC)[C@@H](c3ccc(OC)cc3)N2C1=O. The first-order chi connectivity index (χ1) is 13.5. The van der Waals surface area contributed by atoms with Crippen molar-refractivity contribution in [2.75, 3.05) is 27.4 Å². The van der Waals surface area contributed by atoms with Gasteiger partial charge in [0, 0.05) is 7.11 Å². The molecule has 1 saturated heterocycles. The van der Waals surface area contributed by atoms with Crippen molar-refractivity contribution >= 4 is 28.8 Å². The highest BCUT2D eigenvalue weighted by Crippen LogP contribution is 2.44. The van der Waals surface area contributed by atoms with Crippen molar-refractivity contribution < 1.29 is 23.8 Å². The van der Waals surface area contributed by atoms with Gasteiger partial charge in [-0.3, -0.25) is 9.69 Å². The van der Waals surface area contributed by atoms with E-state index >= 15 is 0 Å². The van der Waals surface area contributed by atoms with Crippen molar-refractivity contribution in [3.63, 3.8) is 0 Å². The summed E-state index contributed by atoms with van der Waals surface area (Å²) in [7, 11) is 3.14. The fraction of sp³-hybridized carbons (Fsp3) is 0.450. The molecule has 0 radical (unpaired) electrons. The van der Waals surface area contributed by atoms with Crippen molar-refractivity contribution in [2.24, 2.45) is 4.99 Å². The zero-order chi connectivity index (χ0) is 20.3. The lowest BCUT2D eigenvalue weighted by Crippen LogP contribution is -2.40. The van der Waals surface area contributed by atoms with Gasteiger partial charge in [-0.15, -0.1) is 0 Å². The van der Waals surface area contributed by atoms with Crippen LogP contribution in [0, 0.1) is 0 Å². The molecule has 0 spiro atoms. The minimum atomic E-state index is -0.579. The summed E-state index contributed by atoms with van der Waals surface area (Å²) >= 11 is 1.44. The number of fused-ring (bicyclic) bond motifs is 1. The zero-order valence-electron chi connectivity index (χ0n) is 16.4. The van der Waals surface area contributed by atoms with E-state index in [0.29, 0.717) is 35.2 Å². The van der Waals surface area contributed by atoms with Crippen LogP contribution in [0.5, 0.6) is 5.75 Å². The number of carbonyl (C=O) groups is 2. The maximum absolute atomic E-state index is 13.0. The van der Waals surface area contributed by atoms with Crippen molar-refractivity contribution in [1.29, 1.82) is 0 Å². The second-order valence-corrected chi connectivity index (χ2v) is 7.59. The summed E-state index contributed by atoms with van der Waals surface area (Å²) < 4.78 is 15.6. The van der Waals surface area contributed by atoms with Crippen LogP contribution in [0.15, 0.2) is 40.5 Å². The van der Waals surface area contributed by atoms with Gasteiger partial charge in [0.15, 0.2) is 5.17 Å². The average molecular weight is 404 g/mol. The van der Waals surface area contributed by atoms with E-state index in [2.05, 4.69) is 4.99 Å². The van der Waals surface area contributed by atoms with Crippen LogP contribution in [0.2, 0.25) is 0 Å². The Morgan fingerprint density at radius 1 is 1.21 bits per heavy atom. The van der Waals surface area contributed by atoms with Gasteiger partial charge in [0.05, 0.1) is 36.3 Å². The van der Waals surface area contributed by atoms with Gasteiger partial charge in [0.1, 0.15) is 12.4 Å². The van der Waals surface area contributed by atoms with Crippen molar-refractivity contribution in [1.82, 2.24) is 4.90 Å². The Kier molecular flexibility index (Phi) is 6.41. The molecule has 1 aromatic rings. The molecule has 28 heavy (non-hydrogen) atoms. The van der Waals surface area contributed by atoms with Gasteiger partial charge in [-0.1, -0.05) is 30.8 Å². The number of thioether (sulfide) groups is 1. The maximum atomic E-state index is 13.0. The molecule has 0 saturated carbocycles. The predicted molar refractivity (Wildman–Crippen MR) is 107 cm³/mol. The molecule has 0 unspecified atom stereocenters. The Hall–Kier alpha value is -2.32. The van der Waals surface area contributed by atoms with Crippen LogP contribution in [0.1, 0.15) is 31.9 Å². The van der Waals surface area contributed by atoms with Crippen LogP contribution in [-0.2, 0) is 19.1 Å². The van der Waals surface area contributed by atoms with Crippen molar-refractivity contribution in [3.05, 3.63) is 41.1 Å². The Balaban J connectivity index is 2.03. The van der Waals surface area contributed by atoms with E-state index in [4.69, 9.17) is 14.2 Å². The van der Waals surface area contributed by atoms with Crippen LogP contribution in [0.3, 0.4) is 0 Å². The molecule has 150 valence electrons. The van der Waals surface area contributed by atoms with E-state index in [9.17, 15) is 9.59 Å². The third-order valence-electron chi connectivity index (χ3n) is 4.69. The maximum Gasteiger partial charge on any atom is 0.338 e. The van der Waals surface area contributed by atoms with Gasteiger partial charge in [0.25, 0.3) is 0 Å². The van der Waals surface area contributed by atoms with Gasteiger partial charge < -0.3 is 14.2 Å². The second-order valence-electron chi connectivity index (χ2n) is 6.42. The molecule has 1 fully saturated rings. The highest BCUT2D eigenvalue weighted by atomic mass is 32.2. The molecular weight excluding hydrogens is 380 g/mol. The highest BCUT2D eigenvalue weighted by molar-refractivity contribution is 8.15. The fourth-order valence-electron chi connectivity index (χ4n) is 3.25. The summed E-state index contributed by atoms with van der Waals surface area (Å²) in [6.45, 7) is 4.18. The molecule has 0 aliphatic carbocycles. The monoisotopic (exact) mass is 404 g/mol. The van der Waals surface area contributed by atoms with Crippen molar-refractivity contribution in [2.45, 2.75) is 31.6 Å². The quantitative estimate of drug-likeness (QED) is 0.514. The number of esters is 1. The molecule has 8 heteroatoms. The topological polar surface area (TPSA) is 77.4 Å². The molecule has 0 bridgehead atoms. The predicted octanol–water partition coefficient (Wildman–Crippen LogP) is 2.92. The van der Waals surface area contributed by atoms with Crippen LogP contribution < -0.4 is 4.74 Å². The second kappa shape index (κ2) is 8.79. The number of nitrogens with zero attached hydrogens (tertiary/aromatic N) is 2. The standard InChI is InChI=1S/C20H24N2O5S/c1-5-15-18(23)22-17(13-6-8-14(26-4)9-7-13)16(12(2)21-20(22)28-15)19(24)27-11-10-25-3/h6-9,15,17H,5,10-11H2,1-4H3/t15-,17-/m1/s1. The van der Waals surface area contributed by atoms with E-state index in [1.807, 2.05) is 31.2 Å². The van der Waals surface area contributed by atoms with Crippen molar-refractivity contribution in [3.8, 4) is 5.75 Å². The summed E-state index contributed by atoms with van der Waals surface area (Å²) in [6.07, 6.45) is 0.695. The first-order valence-electron chi connectivity index (χ1n) is 9.11. The molecule has 1 amide bonds. The molecule has 2 aliphatic rings. The average Bonchev–Trinajstić information content (AvgIpc) is 3.02. The summed E-state index contributed by atoms with van der Waals surface area (Å²) in [5.74, 6) is 0.171. The van der Waals surface area contributed by atoms with E-state index in [1.165, 1.54) is 11.8 Å². The molecule has 1 aromatic carbocycles. The largest absolute Gasteiger partial charge is 0.497 e. The Morgan fingerprint density at radius 3 is 2.54 bits per heavy atom. The number of aliphatic imine (C=N–C) groups is 1. The minimum Gasteiger partial charge on any atom is -0.497 e. The summed E-state index contributed by atoms with van der Waals surface area (Å²) in [5.41, 5.74) is 1.74. The van der Waals surface area contributed by atoms with E-state index in [-0.39, 0.29) is 17.8 Å². The molecule has 3 rings (SSSR count). The Bertz CT molecular complexity index is 818. The summed E-state index contributed by atoms with van der Waals surface area (Å²) in [5, 5.41) is 0.430. The van der Waals surface area contributed by atoms with Gasteiger partial charge in [0.2, 0.25) is 5.91 Å². The fourth-order valence-corrected chi connectivity index (χ4v) is 4.38. The number of rotatable bonds is 7. The molecule has 2 aliphatic heterocycles. The van der Waals surface area contributed by atoms with Gasteiger partial charge in [-0.2, -0.15) is 0 Å². The summed E-state index contributed by atoms with van der Waals surface area (Å²) in [4.78, 5) is 32.0. The number of hydrogen-bond donors (Lipinski definition) is 0. The Labute approximate surface area is 168 Å². The zero-order valence-corrected chi connectivity index (χ0v) is 17.2. The number of amides is 1. The third kappa shape index (κ3) is 3.79. The molecule has 7 nitrogen and oxygen atoms in total. The van der Waals surface area contributed by atoms with E-state index in [0.717, 1.165) is 5.56 Å². The molecule has 0 aromatic heterocycles. The number of benzene rings is 1. The number of hydrogen-bond acceptors (Lipinski definition) is 7. The first-order valence-corrected chi connectivity index (χ1v) is 9.99. The number of ether oxygens (including phenoxy) is 3. The number of amidine groups is 1. The van der Waals surface area contributed by atoms with Crippen LogP contribution in [0.25, 0.3) is 0 Å². The summed E-state index contributed by atoms with van der Waals surface area (Å²) in [6, 6.07) is 6.77. The smallest absolute Gasteiger partial charge is 0.338 e. The lowest BCUT2D eigenvalue weighted by molar-refractivity contribution is -0.141. The number of methoxy groups -OCH3 is 2. The Morgan fingerprint density at radius 2 is 1.93 bits per heavy atom. The highest BCUT2D eigenvalue weighted by Gasteiger charge is 2.47. The van der Waals surface area contributed by atoms with E-state index < -0.39 is 12.0 Å². The molecule has 2 heterocycles. The number of allylic oxidation sites excluding steroid dienone is 1. The normalized spacial score (nSPS) is 21.5. The first kappa shape index (κ1) is 20.4. The van der Waals surface area contributed by atoms with Gasteiger partial charge in [-0.05, 0) is 31.0 Å². The molecule has 0 N–H and O–H groups in total. The van der Waals surface area contributed by atoms with Gasteiger partial charge >= 0.3 is 5.97 Å². The minimum absolute atomic E-state index is 0.0400.